The van der Waals surface area contributed by atoms with Gasteiger partial charge in [-0.1, -0.05) is 18.2 Å². The summed E-state index contributed by atoms with van der Waals surface area (Å²) in [6.45, 7) is 0. The van der Waals surface area contributed by atoms with Crippen molar-refractivity contribution in [2.24, 2.45) is 0 Å². The average Bonchev–Trinajstić information content (AvgIpc) is 3.10. The summed E-state index contributed by atoms with van der Waals surface area (Å²) in [5, 5.41) is 0.729. The monoisotopic (exact) mass is 415 g/mol. The van der Waals surface area contributed by atoms with Crippen molar-refractivity contribution in [2.75, 3.05) is 27.6 Å². The molecule has 7 nitrogen and oxygen atoms in total. The molecule has 0 atom stereocenters. The number of nitrogens with zero attached hydrogens (tertiary/aromatic N) is 1. The number of aromatic nitrogens is 1. The number of carbonyl (C=O) groups is 1. The van der Waals surface area contributed by atoms with Crippen LogP contribution in [0.15, 0.2) is 48.7 Å². The van der Waals surface area contributed by atoms with Gasteiger partial charge in [-0.3, -0.25) is 4.79 Å². The number of allylic oxidation sites excluding steroid dienone is 1. The highest BCUT2D eigenvalue weighted by molar-refractivity contribution is 7.89. The van der Waals surface area contributed by atoms with Crippen molar-refractivity contribution < 1.29 is 27.4 Å². The molecule has 0 aliphatic heterocycles. The van der Waals surface area contributed by atoms with Gasteiger partial charge in [-0.05, 0) is 30.4 Å². The average molecular weight is 415 g/mol. The molecular weight excluding hydrogens is 394 g/mol. The number of ketones is 1. The zero-order valence-corrected chi connectivity index (χ0v) is 17.3. The SMILES string of the molecule is COc1cc(C(=O)C=Cc2cn(S(C)(=O)=O)c3ccccc23)cc(OC)c1OC. The Balaban J connectivity index is 2.02. The van der Waals surface area contributed by atoms with Crippen LogP contribution in [0, 0.1) is 0 Å². The normalized spacial score (nSPS) is 11.7. The first kappa shape index (κ1) is 20.5. The summed E-state index contributed by atoms with van der Waals surface area (Å²) in [5.41, 5.74) is 1.52. The third-order valence-corrected chi connectivity index (χ3v) is 5.45. The highest BCUT2D eigenvalue weighted by Crippen LogP contribution is 2.38. The Morgan fingerprint density at radius 2 is 1.62 bits per heavy atom. The molecule has 0 amide bonds. The Kier molecular flexibility index (Phi) is 5.65. The summed E-state index contributed by atoms with van der Waals surface area (Å²) in [7, 11) is 0.959. The molecule has 0 aliphatic rings. The van der Waals surface area contributed by atoms with E-state index in [9.17, 15) is 13.2 Å². The van der Waals surface area contributed by atoms with E-state index < -0.39 is 10.0 Å². The fraction of sp³-hybridized carbons (Fsp3) is 0.190. The molecular formula is C21H21NO6S. The zero-order valence-electron chi connectivity index (χ0n) is 16.5. The first-order chi connectivity index (χ1) is 13.8. The fourth-order valence-corrected chi connectivity index (χ4v) is 3.89. The molecule has 29 heavy (non-hydrogen) atoms. The van der Waals surface area contributed by atoms with Crippen molar-refractivity contribution in [3.63, 3.8) is 0 Å². The van der Waals surface area contributed by atoms with Gasteiger partial charge in [0, 0.05) is 22.7 Å². The van der Waals surface area contributed by atoms with Gasteiger partial charge in [-0.25, -0.2) is 12.4 Å². The number of ether oxygens (including phenoxy) is 3. The van der Waals surface area contributed by atoms with Crippen LogP contribution < -0.4 is 14.2 Å². The van der Waals surface area contributed by atoms with Crippen LogP contribution in [0.5, 0.6) is 17.2 Å². The molecule has 0 fully saturated rings. The summed E-state index contributed by atoms with van der Waals surface area (Å²) in [5.74, 6) is 0.849. The van der Waals surface area contributed by atoms with Crippen molar-refractivity contribution in [2.45, 2.75) is 0 Å². The van der Waals surface area contributed by atoms with E-state index in [4.69, 9.17) is 14.2 Å². The molecule has 0 aliphatic carbocycles. The lowest BCUT2D eigenvalue weighted by molar-refractivity contribution is 0.104. The minimum absolute atomic E-state index is 0.291. The lowest BCUT2D eigenvalue weighted by Crippen LogP contribution is -2.07. The van der Waals surface area contributed by atoms with Crippen LogP contribution in [0.4, 0.5) is 0 Å². The highest BCUT2D eigenvalue weighted by Gasteiger charge is 2.17. The van der Waals surface area contributed by atoms with Gasteiger partial charge in [-0.2, -0.15) is 0 Å². The van der Waals surface area contributed by atoms with Crippen molar-refractivity contribution in [3.8, 4) is 17.2 Å². The van der Waals surface area contributed by atoms with Crippen molar-refractivity contribution in [1.29, 1.82) is 0 Å². The number of rotatable bonds is 7. The maximum absolute atomic E-state index is 12.7. The van der Waals surface area contributed by atoms with E-state index in [0.717, 1.165) is 11.6 Å². The molecule has 0 saturated carbocycles. The van der Waals surface area contributed by atoms with Crippen molar-refractivity contribution in [3.05, 3.63) is 59.8 Å². The lowest BCUT2D eigenvalue weighted by Gasteiger charge is -2.13. The van der Waals surface area contributed by atoms with Crippen molar-refractivity contribution >= 4 is 32.8 Å². The fourth-order valence-electron chi connectivity index (χ4n) is 3.07. The Hall–Kier alpha value is -3.26. The Labute approximate surface area is 169 Å². The van der Waals surface area contributed by atoms with E-state index in [2.05, 4.69) is 0 Å². The number of hydrogen-bond acceptors (Lipinski definition) is 6. The molecule has 0 bridgehead atoms. The molecule has 1 aromatic heterocycles. The third kappa shape index (κ3) is 3.97. The van der Waals surface area contributed by atoms with Crippen LogP contribution in [0.1, 0.15) is 15.9 Å². The molecule has 0 spiro atoms. The molecule has 2 aromatic carbocycles. The maximum atomic E-state index is 12.7. The number of carbonyl (C=O) groups excluding carboxylic acids is 1. The van der Waals surface area contributed by atoms with Crippen LogP contribution in [0.25, 0.3) is 17.0 Å². The predicted molar refractivity (Wildman–Crippen MR) is 112 cm³/mol. The standard InChI is InChI=1S/C21H21NO6S/c1-26-19-11-15(12-20(27-2)21(19)28-3)18(23)10-9-14-13-22(29(4,24)25)17-8-6-5-7-16(14)17/h5-13H,1-4H3. The quantitative estimate of drug-likeness (QED) is 0.435. The minimum atomic E-state index is -3.47. The molecule has 0 saturated heterocycles. The van der Waals surface area contributed by atoms with Gasteiger partial charge in [0.25, 0.3) is 0 Å². The van der Waals surface area contributed by atoms with Gasteiger partial charge in [0.05, 0.1) is 33.1 Å². The van der Waals surface area contributed by atoms with Gasteiger partial charge < -0.3 is 14.2 Å². The second-order valence-electron chi connectivity index (χ2n) is 6.27. The first-order valence-corrected chi connectivity index (χ1v) is 10.5. The predicted octanol–water partition coefficient (Wildman–Crippen LogP) is 3.37. The van der Waals surface area contributed by atoms with E-state index in [-0.39, 0.29) is 5.78 Å². The van der Waals surface area contributed by atoms with Crippen LogP contribution in [0.3, 0.4) is 0 Å². The smallest absolute Gasteiger partial charge is 0.236 e. The molecule has 3 rings (SSSR count). The molecule has 152 valence electrons. The number of hydrogen-bond donors (Lipinski definition) is 0. The number of benzene rings is 2. The summed E-state index contributed by atoms with van der Waals surface area (Å²) in [6, 6.07) is 10.2. The van der Waals surface area contributed by atoms with E-state index in [1.807, 2.05) is 6.07 Å². The summed E-state index contributed by atoms with van der Waals surface area (Å²) in [6.07, 6.45) is 5.61. The summed E-state index contributed by atoms with van der Waals surface area (Å²) < 4.78 is 41.1. The molecule has 3 aromatic rings. The summed E-state index contributed by atoms with van der Waals surface area (Å²) in [4.78, 5) is 12.7. The van der Waals surface area contributed by atoms with Crippen LogP contribution in [0.2, 0.25) is 0 Å². The van der Waals surface area contributed by atoms with Gasteiger partial charge in [0.15, 0.2) is 17.3 Å². The Morgan fingerprint density at radius 3 is 2.17 bits per heavy atom. The van der Waals surface area contributed by atoms with E-state index in [0.29, 0.717) is 33.9 Å². The van der Waals surface area contributed by atoms with Crippen molar-refractivity contribution in [1.82, 2.24) is 3.97 Å². The van der Waals surface area contributed by atoms with E-state index in [1.165, 1.54) is 37.6 Å². The minimum Gasteiger partial charge on any atom is -0.493 e. The zero-order chi connectivity index (χ0) is 21.2. The van der Waals surface area contributed by atoms with Crippen LogP contribution in [-0.4, -0.2) is 45.8 Å². The Bertz CT molecular complexity index is 1180. The number of fused-ring (bicyclic) bond motifs is 1. The third-order valence-electron chi connectivity index (χ3n) is 4.43. The second-order valence-corrected chi connectivity index (χ2v) is 8.13. The summed E-state index contributed by atoms with van der Waals surface area (Å²) >= 11 is 0. The van der Waals surface area contributed by atoms with Crippen LogP contribution >= 0.6 is 0 Å². The topological polar surface area (TPSA) is 83.8 Å². The lowest BCUT2D eigenvalue weighted by atomic mass is 10.1. The molecule has 0 N–H and O–H groups in total. The van der Waals surface area contributed by atoms with Gasteiger partial charge in [0.2, 0.25) is 15.8 Å². The van der Waals surface area contributed by atoms with E-state index >= 15 is 0 Å². The first-order valence-electron chi connectivity index (χ1n) is 8.63. The number of para-hydroxylation sites is 1. The van der Waals surface area contributed by atoms with Gasteiger partial charge in [0.1, 0.15) is 0 Å². The maximum Gasteiger partial charge on any atom is 0.236 e. The molecule has 1 heterocycles. The second kappa shape index (κ2) is 8.00. The highest BCUT2D eigenvalue weighted by atomic mass is 32.2. The largest absolute Gasteiger partial charge is 0.493 e. The Morgan fingerprint density at radius 1 is 1.00 bits per heavy atom. The van der Waals surface area contributed by atoms with E-state index in [1.54, 1.807) is 36.4 Å². The van der Waals surface area contributed by atoms with Gasteiger partial charge >= 0.3 is 0 Å². The number of methoxy groups -OCH3 is 3. The van der Waals surface area contributed by atoms with Crippen LogP contribution in [-0.2, 0) is 10.0 Å². The molecule has 8 heteroatoms. The molecule has 0 radical (unpaired) electrons. The molecule has 0 unspecified atom stereocenters. The van der Waals surface area contributed by atoms with Gasteiger partial charge in [-0.15, -0.1) is 0 Å².